The van der Waals surface area contributed by atoms with Crippen molar-refractivity contribution < 1.29 is 19.2 Å². The summed E-state index contributed by atoms with van der Waals surface area (Å²) in [6.07, 6.45) is 3.23. The first-order chi connectivity index (χ1) is 9.61. The minimum atomic E-state index is -0.452. The molecule has 1 amide bonds. The van der Waals surface area contributed by atoms with E-state index in [-0.39, 0.29) is 11.7 Å². The Morgan fingerprint density at radius 2 is 2.05 bits per heavy atom. The molecule has 1 aromatic carbocycles. The lowest BCUT2D eigenvalue weighted by Crippen LogP contribution is -2.43. The third-order valence-corrected chi connectivity index (χ3v) is 3.00. The molecule has 20 heavy (non-hydrogen) atoms. The number of aromatic hydroxyl groups is 1. The van der Waals surface area contributed by atoms with Crippen LogP contribution in [0.1, 0.15) is 13.0 Å². The number of ether oxygens (including phenoxy) is 1. The lowest BCUT2D eigenvalue weighted by atomic mass is 10.2. The fourth-order valence-electron chi connectivity index (χ4n) is 1.84. The summed E-state index contributed by atoms with van der Waals surface area (Å²) in [6, 6.07) is 10.0. The first-order valence-corrected chi connectivity index (χ1v) is 6.25. The molecule has 0 aliphatic heterocycles. The number of methoxy groups -OCH3 is 1. The van der Waals surface area contributed by atoms with Crippen LogP contribution in [-0.2, 0) is 4.79 Å². The van der Waals surface area contributed by atoms with Gasteiger partial charge in [0.1, 0.15) is 5.75 Å². The highest BCUT2D eigenvalue weighted by atomic mass is 16.5. The van der Waals surface area contributed by atoms with Gasteiger partial charge in [0.15, 0.2) is 11.9 Å². The zero-order valence-electron chi connectivity index (χ0n) is 11.4. The third kappa shape index (κ3) is 3.06. The van der Waals surface area contributed by atoms with Gasteiger partial charge >= 0.3 is 0 Å². The molecule has 0 spiro atoms. The number of pyridine rings is 1. The molecule has 0 aliphatic carbocycles. The Hall–Kier alpha value is -2.56. The number of amides is 1. The van der Waals surface area contributed by atoms with Crippen LogP contribution in [0.25, 0.3) is 0 Å². The Kier molecular flexibility index (Phi) is 4.20. The Bertz CT molecular complexity index is 614. The summed E-state index contributed by atoms with van der Waals surface area (Å²) in [5, 5.41) is 12.3. The number of benzene rings is 1. The first kappa shape index (κ1) is 13.9. The number of rotatable bonds is 4. The number of nitrogens with zero attached hydrogens (tertiary/aromatic N) is 1. The van der Waals surface area contributed by atoms with E-state index in [2.05, 4.69) is 5.32 Å². The Morgan fingerprint density at radius 1 is 1.30 bits per heavy atom. The topological polar surface area (TPSA) is 62.4 Å². The number of carbonyl (C=O) groups excluding carboxylic acids is 1. The molecule has 0 fully saturated rings. The van der Waals surface area contributed by atoms with E-state index in [1.165, 1.54) is 6.20 Å². The predicted molar refractivity (Wildman–Crippen MR) is 74.6 cm³/mol. The molecule has 0 aliphatic rings. The van der Waals surface area contributed by atoms with Crippen LogP contribution < -0.4 is 14.6 Å². The van der Waals surface area contributed by atoms with Gasteiger partial charge in [-0.15, -0.1) is 0 Å². The molecule has 2 aromatic rings. The van der Waals surface area contributed by atoms with Gasteiger partial charge in [0.25, 0.3) is 5.91 Å². The van der Waals surface area contributed by atoms with Crippen LogP contribution in [0.2, 0.25) is 0 Å². The highest BCUT2D eigenvalue weighted by molar-refractivity contribution is 5.93. The number of hydrogen-bond acceptors (Lipinski definition) is 3. The standard InChI is InChI=1S/C15H16N2O3/c1-11(17-9-5-6-12(18)10-17)15(19)16-13-7-3-4-8-14(13)20-2/h3-11H,1-2H3,(H-,16,18,19)/p+1/t11-/m1/s1. The maximum atomic E-state index is 12.2. The van der Waals surface area contributed by atoms with E-state index >= 15 is 0 Å². The summed E-state index contributed by atoms with van der Waals surface area (Å²) in [6.45, 7) is 1.75. The van der Waals surface area contributed by atoms with Crippen molar-refractivity contribution in [1.29, 1.82) is 0 Å². The van der Waals surface area contributed by atoms with Gasteiger partial charge in [-0.3, -0.25) is 4.79 Å². The normalized spacial score (nSPS) is 11.7. The van der Waals surface area contributed by atoms with Crippen LogP contribution >= 0.6 is 0 Å². The molecule has 1 atom stereocenters. The smallest absolute Gasteiger partial charge is 0.293 e. The Balaban J connectivity index is 2.15. The molecule has 2 rings (SSSR count). The van der Waals surface area contributed by atoms with Crippen LogP contribution in [0.5, 0.6) is 11.5 Å². The van der Waals surface area contributed by atoms with E-state index in [1.54, 1.807) is 49.1 Å². The monoisotopic (exact) mass is 273 g/mol. The quantitative estimate of drug-likeness (QED) is 0.836. The molecule has 0 bridgehead atoms. The molecular formula is C15H17N2O3+. The molecule has 0 unspecified atom stereocenters. The lowest BCUT2D eigenvalue weighted by Gasteiger charge is -2.11. The molecule has 0 saturated heterocycles. The van der Waals surface area contributed by atoms with Crippen molar-refractivity contribution in [2.75, 3.05) is 12.4 Å². The number of hydrogen-bond donors (Lipinski definition) is 2. The SMILES string of the molecule is COc1ccccc1NC(=O)[C@@H](C)[n+]1cccc(O)c1. The maximum absolute atomic E-state index is 12.2. The Labute approximate surface area is 117 Å². The van der Waals surface area contributed by atoms with Crippen molar-refractivity contribution in [2.45, 2.75) is 13.0 Å². The number of aromatic nitrogens is 1. The average molecular weight is 273 g/mol. The third-order valence-electron chi connectivity index (χ3n) is 3.00. The summed E-state index contributed by atoms with van der Waals surface area (Å²) < 4.78 is 6.83. The van der Waals surface area contributed by atoms with Crippen LogP contribution in [0, 0.1) is 0 Å². The van der Waals surface area contributed by atoms with Crippen LogP contribution in [0.4, 0.5) is 5.69 Å². The summed E-state index contributed by atoms with van der Waals surface area (Å²) in [5.41, 5.74) is 0.618. The maximum Gasteiger partial charge on any atom is 0.293 e. The second-order valence-electron chi connectivity index (χ2n) is 4.37. The van der Waals surface area contributed by atoms with E-state index < -0.39 is 6.04 Å². The fourth-order valence-corrected chi connectivity index (χ4v) is 1.84. The van der Waals surface area contributed by atoms with E-state index in [9.17, 15) is 9.90 Å². The van der Waals surface area contributed by atoms with Crippen molar-refractivity contribution >= 4 is 11.6 Å². The molecular weight excluding hydrogens is 256 g/mol. The van der Waals surface area contributed by atoms with Crippen molar-refractivity contribution in [3.63, 3.8) is 0 Å². The second kappa shape index (κ2) is 6.06. The molecule has 2 N–H and O–H groups in total. The zero-order chi connectivity index (χ0) is 14.5. The summed E-state index contributed by atoms with van der Waals surface area (Å²) in [5.74, 6) is 0.531. The minimum absolute atomic E-state index is 0.115. The zero-order valence-corrected chi connectivity index (χ0v) is 11.4. The summed E-state index contributed by atoms with van der Waals surface area (Å²) >= 11 is 0. The number of nitrogens with one attached hydrogen (secondary N) is 1. The second-order valence-corrected chi connectivity index (χ2v) is 4.37. The Morgan fingerprint density at radius 3 is 2.75 bits per heavy atom. The van der Waals surface area contributed by atoms with Gasteiger partial charge in [-0.2, -0.15) is 4.57 Å². The minimum Gasteiger partial charge on any atom is -0.503 e. The largest absolute Gasteiger partial charge is 0.503 e. The van der Waals surface area contributed by atoms with Crippen molar-refractivity contribution in [1.82, 2.24) is 0 Å². The van der Waals surface area contributed by atoms with Gasteiger partial charge in [0.05, 0.1) is 12.8 Å². The molecule has 104 valence electrons. The van der Waals surface area contributed by atoms with Gasteiger partial charge in [0, 0.05) is 13.0 Å². The molecule has 1 heterocycles. The predicted octanol–water partition coefficient (Wildman–Crippen LogP) is 1.89. The first-order valence-electron chi connectivity index (χ1n) is 6.25. The number of anilines is 1. The molecule has 5 nitrogen and oxygen atoms in total. The fraction of sp³-hybridized carbons (Fsp3) is 0.200. The molecule has 0 radical (unpaired) electrons. The van der Waals surface area contributed by atoms with Crippen LogP contribution in [-0.4, -0.2) is 18.1 Å². The van der Waals surface area contributed by atoms with E-state index in [0.717, 1.165) is 0 Å². The van der Waals surface area contributed by atoms with E-state index in [0.29, 0.717) is 11.4 Å². The number of carbonyl (C=O) groups is 1. The average Bonchev–Trinajstić information content (AvgIpc) is 2.47. The number of para-hydroxylation sites is 2. The van der Waals surface area contributed by atoms with Gasteiger partial charge in [-0.05, 0) is 18.2 Å². The van der Waals surface area contributed by atoms with Gasteiger partial charge in [-0.1, -0.05) is 12.1 Å². The van der Waals surface area contributed by atoms with Gasteiger partial charge < -0.3 is 15.2 Å². The van der Waals surface area contributed by atoms with Crippen molar-refractivity contribution in [3.8, 4) is 11.5 Å². The lowest BCUT2D eigenvalue weighted by molar-refractivity contribution is -0.705. The van der Waals surface area contributed by atoms with Crippen molar-refractivity contribution in [3.05, 3.63) is 48.8 Å². The van der Waals surface area contributed by atoms with E-state index in [1.807, 2.05) is 12.1 Å². The highest BCUT2D eigenvalue weighted by Gasteiger charge is 2.23. The molecule has 5 heteroatoms. The summed E-state index contributed by atoms with van der Waals surface area (Å²) in [4.78, 5) is 12.2. The molecule has 0 saturated carbocycles. The van der Waals surface area contributed by atoms with Gasteiger partial charge in [0.2, 0.25) is 12.2 Å². The molecule has 1 aromatic heterocycles. The highest BCUT2D eigenvalue weighted by Crippen LogP contribution is 2.23. The van der Waals surface area contributed by atoms with Crippen LogP contribution in [0.15, 0.2) is 48.8 Å². The van der Waals surface area contributed by atoms with Crippen molar-refractivity contribution in [2.24, 2.45) is 0 Å². The van der Waals surface area contributed by atoms with E-state index in [4.69, 9.17) is 4.74 Å². The van der Waals surface area contributed by atoms with Gasteiger partial charge in [-0.25, -0.2) is 0 Å². The van der Waals surface area contributed by atoms with Crippen LogP contribution in [0.3, 0.4) is 0 Å². The summed E-state index contributed by atoms with van der Waals surface area (Å²) in [7, 11) is 1.55.